The molecule has 0 saturated carbocycles. The van der Waals surface area contributed by atoms with Crippen molar-refractivity contribution in [2.45, 2.75) is 33.1 Å². The number of nitrogens with one attached hydrogen (secondary N) is 1. The zero-order chi connectivity index (χ0) is 14.1. The first-order valence-corrected chi connectivity index (χ1v) is 7.36. The van der Waals surface area contributed by atoms with E-state index in [1.807, 2.05) is 0 Å². The maximum Gasteiger partial charge on any atom is 0.224 e. The second kappa shape index (κ2) is 5.26. The summed E-state index contributed by atoms with van der Waals surface area (Å²) in [6.07, 6.45) is 5.49. The summed E-state index contributed by atoms with van der Waals surface area (Å²) < 4.78 is 0. The van der Waals surface area contributed by atoms with Crippen LogP contribution in [0.2, 0.25) is 0 Å². The number of aromatic nitrogens is 4. The molecule has 2 aromatic rings. The van der Waals surface area contributed by atoms with E-state index in [2.05, 4.69) is 38.9 Å². The van der Waals surface area contributed by atoms with Crippen molar-refractivity contribution in [3.63, 3.8) is 0 Å². The Morgan fingerprint density at radius 1 is 1.30 bits per heavy atom. The standard InChI is InChI=1S/C14H22N6/c1-9(2)10-4-3-6-20(7-5-10)13-11-8-16-19-12(11)17-14(15)18-13/h8-10H,3-7H2,1-2H3,(H3,15,16,17,18,19). The van der Waals surface area contributed by atoms with E-state index < -0.39 is 0 Å². The Labute approximate surface area is 118 Å². The Morgan fingerprint density at radius 3 is 2.95 bits per heavy atom. The minimum absolute atomic E-state index is 0.307. The molecule has 0 bridgehead atoms. The zero-order valence-electron chi connectivity index (χ0n) is 12.1. The lowest BCUT2D eigenvalue weighted by atomic mass is 9.89. The molecule has 2 aromatic heterocycles. The molecular formula is C14H22N6. The van der Waals surface area contributed by atoms with Gasteiger partial charge in [0.05, 0.1) is 11.6 Å². The first kappa shape index (κ1) is 13.1. The minimum atomic E-state index is 0.307. The predicted octanol–water partition coefficient (Wildman–Crippen LogP) is 2.20. The molecule has 6 heteroatoms. The van der Waals surface area contributed by atoms with E-state index in [0.29, 0.717) is 5.95 Å². The van der Waals surface area contributed by atoms with E-state index >= 15 is 0 Å². The van der Waals surface area contributed by atoms with Crippen LogP contribution in [-0.2, 0) is 0 Å². The van der Waals surface area contributed by atoms with Gasteiger partial charge < -0.3 is 10.6 Å². The number of hydrogen-bond acceptors (Lipinski definition) is 5. The second-order valence-corrected chi connectivity index (χ2v) is 5.96. The molecular weight excluding hydrogens is 252 g/mol. The van der Waals surface area contributed by atoms with E-state index in [1.165, 1.54) is 19.3 Å². The van der Waals surface area contributed by atoms with Crippen molar-refractivity contribution in [1.29, 1.82) is 0 Å². The van der Waals surface area contributed by atoms with Gasteiger partial charge in [-0.1, -0.05) is 13.8 Å². The van der Waals surface area contributed by atoms with Crippen molar-refractivity contribution in [3.05, 3.63) is 6.20 Å². The van der Waals surface area contributed by atoms with Gasteiger partial charge in [-0.15, -0.1) is 0 Å². The fourth-order valence-electron chi connectivity index (χ4n) is 3.08. The number of hydrogen-bond donors (Lipinski definition) is 2. The molecule has 1 aliphatic rings. The summed E-state index contributed by atoms with van der Waals surface area (Å²) in [5.74, 6) is 2.78. The quantitative estimate of drug-likeness (QED) is 0.877. The molecule has 0 aromatic carbocycles. The number of rotatable bonds is 2. The Balaban J connectivity index is 1.89. The van der Waals surface area contributed by atoms with Crippen LogP contribution in [0.15, 0.2) is 6.20 Å². The highest BCUT2D eigenvalue weighted by Gasteiger charge is 2.22. The van der Waals surface area contributed by atoms with Crippen molar-refractivity contribution in [3.8, 4) is 0 Å². The third kappa shape index (κ3) is 2.42. The molecule has 0 radical (unpaired) electrons. The van der Waals surface area contributed by atoms with Crippen LogP contribution in [-0.4, -0.2) is 33.3 Å². The highest BCUT2D eigenvalue weighted by Crippen LogP contribution is 2.29. The van der Waals surface area contributed by atoms with Crippen LogP contribution >= 0.6 is 0 Å². The molecule has 3 rings (SSSR count). The van der Waals surface area contributed by atoms with Crippen molar-refractivity contribution in [1.82, 2.24) is 20.2 Å². The number of aromatic amines is 1. The lowest BCUT2D eigenvalue weighted by molar-refractivity contribution is 0.351. The summed E-state index contributed by atoms with van der Waals surface area (Å²) in [7, 11) is 0. The minimum Gasteiger partial charge on any atom is -0.368 e. The van der Waals surface area contributed by atoms with Crippen LogP contribution in [0.5, 0.6) is 0 Å². The highest BCUT2D eigenvalue weighted by molar-refractivity contribution is 5.87. The monoisotopic (exact) mass is 274 g/mol. The third-order valence-electron chi connectivity index (χ3n) is 4.32. The van der Waals surface area contributed by atoms with Crippen molar-refractivity contribution < 1.29 is 0 Å². The number of fused-ring (bicyclic) bond motifs is 1. The summed E-state index contributed by atoms with van der Waals surface area (Å²) in [4.78, 5) is 11.0. The SMILES string of the molecule is CC(C)C1CCCN(c2nc(N)nc3[nH]ncc23)CC1. The smallest absolute Gasteiger partial charge is 0.224 e. The molecule has 20 heavy (non-hydrogen) atoms. The number of anilines is 2. The molecule has 3 heterocycles. The Hall–Kier alpha value is -1.85. The normalized spacial score (nSPS) is 20.6. The Kier molecular flexibility index (Phi) is 3.46. The molecule has 1 unspecified atom stereocenters. The predicted molar refractivity (Wildman–Crippen MR) is 80.5 cm³/mol. The highest BCUT2D eigenvalue weighted by atomic mass is 15.2. The summed E-state index contributed by atoms with van der Waals surface area (Å²) in [6, 6.07) is 0. The fourth-order valence-corrected chi connectivity index (χ4v) is 3.08. The van der Waals surface area contributed by atoms with Gasteiger partial charge in [-0.2, -0.15) is 15.1 Å². The van der Waals surface area contributed by atoms with E-state index in [4.69, 9.17) is 5.73 Å². The number of nitrogens with zero attached hydrogens (tertiary/aromatic N) is 4. The number of nitrogens with two attached hydrogens (primary N) is 1. The van der Waals surface area contributed by atoms with Crippen LogP contribution in [0, 0.1) is 11.8 Å². The molecule has 6 nitrogen and oxygen atoms in total. The van der Waals surface area contributed by atoms with Crippen molar-refractivity contribution in [2.24, 2.45) is 11.8 Å². The van der Waals surface area contributed by atoms with Gasteiger partial charge in [0.1, 0.15) is 5.82 Å². The van der Waals surface area contributed by atoms with Crippen LogP contribution in [0.4, 0.5) is 11.8 Å². The van der Waals surface area contributed by atoms with E-state index in [1.54, 1.807) is 6.20 Å². The summed E-state index contributed by atoms with van der Waals surface area (Å²) >= 11 is 0. The Bertz CT molecular complexity index is 590. The second-order valence-electron chi connectivity index (χ2n) is 5.96. The molecule has 1 atom stereocenters. The maximum absolute atomic E-state index is 5.81. The van der Waals surface area contributed by atoms with Crippen LogP contribution in [0.1, 0.15) is 33.1 Å². The molecule has 1 saturated heterocycles. The maximum atomic E-state index is 5.81. The largest absolute Gasteiger partial charge is 0.368 e. The number of H-pyrrole nitrogens is 1. The number of nitrogen functional groups attached to an aromatic ring is 1. The van der Waals surface area contributed by atoms with E-state index in [-0.39, 0.29) is 0 Å². The van der Waals surface area contributed by atoms with Gasteiger partial charge in [-0.05, 0) is 31.1 Å². The van der Waals surface area contributed by atoms with E-state index in [0.717, 1.165) is 41.8 Å². The van der Waals surface area contributed by atoms with Gasteiger partial charge in [0.2, 0.25) is 5.95 Å². The van der Waals surface area contributed by atoms with E-state index in [9.17, 15) is 0 Å². The van der Waals surface area contributed by atoms with Crippen molar-refractivity contribution >= 4 is 22.8 Å². The summed E-state index contributed by atoms with van der Waals surface area (Å²) in [5, 5.41) is 7.89. The summed E-state index contributed by atoms with van der Waals surface area (Å²) in [5.41, 5.74) is 6.53. The van der Waals surface area contributed by atoms with Gasteiger partial charge in [-0.3, -0.25) is 5.10 Å². The first-order chi connectivity index (χ1) is 9.65. The molecule has 1 fully saturated rings. The topological polar surface area (TPSA) is 83.7 Å². The van der Waals surface area contributed by atoms with Gasteiger partial charge >= 0.3 is 0 Å². The molecule has 0 amide bonds. The molecule has 108 valence electrons. The average molecular weight is 274 g/mol. The lowest BCUT2D eigenvalue weighted by Gasteiger charge is -2.23. The van der Waals surface area contributed by atoms with Gasteiger partial charge in [-0.25, -0.2) is 0 Å². The first-order valence-electron chi connectivity index (χ1n) is 7.36. The van der Waals surface area contributed by atoms with Crippen LogP contribution < -0.4 is 10.6 Å². The molecule has 1 aliphatic heterocycles. The molecule has 0 spiro atoms. The van der Waals surface area contributed by atoms with Gasteiger partial charge in [0.25, 0.3) is 0 Å². The van der Waals surface area contributed by atoms with Crippen molar-refractivity contribution in [2.75, 3.05) is 23.7 Å². The third-order valence-corrected chi connectivity index (χ3v) is 4.32. The van der Waals surface area contributed by atoms with Crippen LogP contribution in [0.25, 0.3) is 11.0 Å². The average Bonchev–Trinajstić information content (AvgIpc) is 2.73. The Morgan fingerprint density at radius 2 is 2.15 bits per heavy atom. The molecule has 3 N–H and O–H groups in total. The van der Waals surface area contributed by atoms with Gasteiger partial charge in [0.15, 0.2) is 5.65 Å². The van der Waals surface area contributed by atoms with Gasteiger partial charge in [0, 0.05) is 13.1 Å². The zero-order valence-corrected chi connectivity index (χ0v) is 12.1. The molecule has 0 aliphatic carbocycles. The fraction of sp³-hybridized carbons (Fsp3) is 0.643. The van der Waals surface area contributed by atoms with Crippen LogP contribution in [0.3, 0.4) is 0 Å². The summed E-state index contributed by atoms with van der Waals surface area (Å²) in [6.45, 7) is 6.69. The lowest BCUT2D eigenvalue weighted by Crippen LogP contribution is -2.26.